The third-order valence-corrected chi connectivity index (χ3v) is 3.89. The second kappa shape index (κ2) is 8.86. The number of halogens is 1. The zero-order chi connectivity index (χ0) is 15.2. The normalized spacial score (nSPS) is 16.7. The van der Waals surface area contributed by atoms with Gasteiger partial charge in [0.1, 0.15) is 17.6 Å². The summed E-state index contributed by atoms with van der Waals surface area (Å²) in [6, 6.07) is 7.43. The minimum Gasteiger partial charge on any atom is -0.497 e. The highest BCUT2D eigenvalue weighted by molar-refractivity contribution is 5.85. The van der Waals surface area contributed by atoms with Gasteiger partial charge < -0.3 is 20.1 Å². The molecule has 0 spiro atoms. The molecule has 124 valence electrons. The lowest BCUT2D eigenvalue weighted by Crippen LogP contribution is -2.50. The first-order valence-electron chi connectivity index (χ1n) is 7.39. The molecule has 22 heavy (non-hydrogen) atoms. The molecule has 0 bridgehead atoms. The molecule has 2 rings (SSSR count). The molecule has 1 fully saturated rings. The molecular formula is C16H25ClN2O3. The van der Waals surface area contributed by atoms with Crippen LogP contribution in [0, 0.1) is 11.8 Å². The van der Waals surface area contributed by atoms with Gasteiger partial charge in [0.25, 0.3) is 0 Å². The number of nitrogens with one attached hydrogen (secondary N) is 2. The lowest BCUT2D eigenvalue weighted by Gasteiger charge is -2.32. The second-order valence-electron chi connectivity index (χ2n) is 5.56. The lowest BCUT2D eigenvalue weighted by molar-refractivity contribution is -0.127. The molecule has 1 aromatic carbocycles. The molecule has 0 aliphatic carbocycles. The first-order valence-corrected chi connectivity index (χ1v) is 7.39. The van der Waals surface area contributed by atoms with E-state index in [2.05, 4.69) is 10.6 Å². The zero-order valence-corrected chi connectivity index (χ0v) is 14.1. The maximum Gasteiger partial charge on any atom is 0.223 e. The quantitative estimate of drug-likeness (QED) is 0.802. The Labute approximate surface area is 138 Å². The molecule has 2 unspecified atom stereocenters. The highest BCUT2D eigenvalue weighted by Gasteiger charge is 2.28. The van der Waals surface area contributed by atoms with Crippen LogP contribution in [0.25, 0.3) is 0 Å². The standard InChI is InChI=1S/C16H24N2O3.ClH/c1-11(21-15-6-4-14(20-3)5-7-15)8-18-16(19)12(2)13-9-17-10-13;/h4-7,11-13,17H,8-10H2,1-3H3,(H,18,19);1H. The number of carbonyl (C=O) groups excluding carboxylic acids is 1. The molecule has 1 heterocycles. The summed E-state index contributed by atoms with van der Waals surface area (Å²) in [5.74, 6) is 2.19. The van der Waals surface area contributed by atoms with E-state index in [0.29, 0.717) is 12.5 Å². The fourth-order valence-electron chi connectivity index (χ4n) is 2.21. The highest BCUT2D eigenvalue weighted by Crippen LogP contribution is 2.18. The molecule has 1 saturated heterocycles. The van der Waals surface area contributed by atoms with Gasteiger partial charge in [-0.3, -0.25) is 4.79 Å². The fraction of sp³-hybridized carbons (Fsp3) is 0.562. The van der Waals surface area contributed by atoms with Crippen LogP contribution in [0.4, 0.5) is 0 Å². The topological polar surface area (TPSA) is 59.6 Å². The monoisotopic (exact) mass is 328 g/mol. The van der Waals surface area contributed by atoms with Gasteiger partial charge in [0.2, 0.25) is 5.91 Å². The Kier molecular flexibility index (Phi) is 7.48. The molecule has 0 saturated carbocycles. The van der Waals surface area contributed by atoms with E-state index in [4.69, 9.17) is 9.47 Å². The molecule has 1 amide bonds. The SMILES string of the molecule is COc1ccc(OC(C)CNC(=O)C(C)C2CNC2)cc1.Cl. The summed E-state index contributed by atoms with van der Waals surface area (Å²) in [4.78, 5) is 12.0. The van der Waals surface area contributed by atoms with Crippen LogP contribution in [-0.4, -0.2) is 38.8 Å². The van der Waals surface area contributed by atoms with E-state index < -0.39 is 0 Å². The number of ether oxygens (including phenoxy) is 2. The van der Waals surface area contributed by atoms with E-state index in [1.54, 1.807) is 7.11 Å². The van der Waals surface area contributed by atoms with Crippen LogP contribution >= 0.6 is 12.4 Å². The number of carbonyl (C=O) groups is 1. The van der Waals surface area contributed by atoms with Gasteiger partial charge in [-0.2, -0.15) is 0 Å². The van der Waals surface area contributed by atoms with Gasteiger partial charge in [0.15, 0.2) is 0 Å². The van der Waals surface area contributed by atoms with Crippen molar-refractivity contribution in [3.63, 3.8) is 0 Å². The van der Waals surface area contributed by atoms with Crippen LogP contribution in [0.15, 0.2) is 24.3 Å². The maximum absolute atomic E-state index is 12.0. The number of rotatable bonds is 7. The van der Waals surface area contributed by atoms with Crippen LogP contribution in [0.3, 0.4) is 0 Å². The van der Waals surface area contributed by atoms with Crippen LogP contribution in [0.5, 0.6) is 11.5 Å². The van der Waals surface area contributed by atoms with E-state index >= 15 is 0 Å². The Balaban J connectivity index is 0.00000242. The first kappa shape index (κ1) is 18.6. The molecule has 2 atom stereocenters. The molecule has 1 aliphatic rings. The molecule has 0 radical (unpaired) electrons. The van der Waals surface area contributed by atoms with Gasteiger partial charge in [-0.05, 0) is 50.2 Å². The number of hydrogen-bond donors (Lipinski definition) is 2. The number of methoxy groups -OCH3 is 1. The van der Waals surface area contributed by atoms with E-state index in [1.165, 1.54) is 0 Å². The molecule has 2 N–H and O–H groups in total. The maximum atomic E-state index is 12.0. The lowest BCUT2D eigenvalue weighted by atomic mass is 9.88. The molecule has 1 aliphatic heterocycles. The zero-order valence-electron chi connectivity index (χ0n) is 13.3. The first-order chi connectivity index (χ1) is 10.1. The summed E-state index contributed by atoms with van der Waals surface area (Å²) in [5.41, 5.74) is 0. The summed E-state index contributed by atoms with van der Waals surface area (Å²) < 4.78 is 10.9. The van der Waals surface area contributed by atoms with Crippen LogP contribution in [0.1, 0.15) is 13.8 Å². The Morgan fingerprint density at radius 1 is 1.27 bits per heavy atom. The summed E-state index contributed by atoms with van der Waals surface area (Å²) in [7, 11) is 1.63. The second-order valence-corrected chi connectivity index (χ2v) is 5.56. The van der Waals surface area contributed by atoms with Crippen molar-refractivity contribution < 1.29 is 14.3 Å². The third-order valence-electron chi connectivity index (χ3n) is 3.89. The molecular weight excluding hydrogens is 304 g/mol. The summed E-state index contributed by atoms with van der Waals surface area (Å²) in [6.07, 6.45) is -0.0749. The predicted octanol–water partition coefficient (Wildman–Crippen LogP) is 1.86. The summed E-state index contributed by atoms with van der Waals surface area (Å²) in [6.45, 7) is 6.31. The van der Waals surface area contributed by atoms with Gasteiger partial charge in [0.05, 0.1) is 13.7 Å². The van der Waals surface area contributed by atoms with Crippen LogP contribution in [0.2, 0.25) is 0 Å². The van der Waals surface area contributed by atoms with E-state index in [-0.39, 0.29) is 30.3 Å². The van der Waals surface area contributed by atoms with Gasteiger partial charge in [-0.15, -0.1) is 12.4 Å². The largest absolute Gasteiger partial charge is 0.497 e. The number of benzene rings is 1. The smallest absolute Gasteiger partial charge is 0.223 e. The number of amides is 1. The van der Waals surface area contributed by atoms with Crippen molar-refractivity contribution in [1.29, 1.82) is 0 Å². The Morgan fingerprint density at radius 3 is 2.36 bits per heavy atom. The third kappa shape index (κ3) is 5.07. The van der Waals surface area contributed by atoms with E-state index in [0.717, 1.165) is 24.6 Å². The van der Waals surface area contributed by atoms with Crippen molar-refractivity contribution in [2.24, 2.45) is 11.8 Å². The van der Waals surface area contributed by atoms with Gasteiger partial charge in [-0.1, -0.05) is 6.92 Å². The summed E-state index contributed by atoms with van der Waals surface area (Å²) in [5, 5.41) is 6.15. The highest BCUT2D eigenvalue weighted by atomic mass is 35.5. The Hall–Kier alpha value is -1.46. The van der Waals surface area contributed by atoms with Crippen molar-refractivity contribution in [3.05, 3.63) is 24.3 Å². The van der Waals surface area contributed by atoms with Gasteiger partial charge >= 0.3 is 0 Å². The van der Waals surface area contributed by atoms with Crippen LogP contribution < -0.4 is 20.1 Å². The van der Waals surface area contributed by atoms with Crippen molar-refractivity contribution in [2.75, 3.05) is 26.7 Å². The van der Waals surface area contributed by atoms with Crippen molar-refractivity contribution in [1.82, 2.24) is 10.6 Å². The van der Waals surface area contributed by atoms with Gasteiger partial charge in [-0.25, -0.2) is 0 Å². The molecule has 0 aromatic heterocycles. The minimum atomic E-state index is -0.0749. The average molecular weight is 329 g/mol. The average Bonchev–Trinajstić information content (AvgIpc) is 2.43. The minimum absolute atomic E-state index is 0. The predicted molar refractivity (Wildman–Crippen MR) is 88.9 cm³/mol. The number of hydrogen-bond acceptors (Lipinski definition) is 4. The van der Waals surface area contributed by atoms with Crippen molar-refractivity contribution in [3.8, 4) is 11.5 Å². The Bertz CT molecular complexity index is 463. The van der Waals surface area contributed by atoms with E-state index in [9.17, 15) is 4.79 Å². The molecule has 5 nitrogen and oxygen atoms in total. The molecule has 6 heteroatoms. The fourth-order valence-corrected chi connectivity index (χ4v) is 2.21. The van der Waals surface area contributed by atoms with Crippen molar-refractivity contribution >= 4 is 18.3 Å². The Morgan fingerprint density at radius 2 is 1.86 bits per heavy atom. The van der Waals surface area contributed by atoms with Gasteiger partial charge in [0, 0.05) is 5.92 Å². The molecule has 1 aromatic rings. The van der Waals surface area contributed by atoms with E-state index in [1.807, 2.05) is 38.1 Å². The van der Waals surface area contributed by atoms with Crippen molar-refractivity contribution in [2.45, 2.75) is 20.0 Å². The van der Waals surface area contributed by atoms with Crippen LogP contribution in [-0.2, 0) is 4.79 Å². The summed E-state index contributed by atoms with van der Waals surface area (Å²) >= 11 is 0.